The molecule has 0 aliphatic carbocycles. The maximum absolute atomic E-state index is 13.6. The van der Waals surface area contributed by atoms with E-state index in [9.17, 15) is 14.3 Å². The van der Waals surface area contributed by atoms with E-state index in [4.69, 9.17) is 0 Å². The summed E-state index contributed by atoms with van der Waals surface area (Å²) in [7, 11) is 1.75. The zero-order chi connectivity index (χ0) is 17.7. The predicted molar refractivity (Wildman–Crippen MR) is 88.9 cm³/mol. The van der Waals surface area contributed by atoms with E-state index >= 15 is 0 Å². The predicted octanol–water partition coefficient (Wildman–Crippen LogP) is 1.70. The number of nitrogens with one attached hydrogen (secondary N) is 2. The minimum atomic E-state index is -1.22. The second-order valence-corrected chi connectivity index (χ2v) is 6.20. The van der Waals surface area contributed by atoms with Gasteiger partial charge in [-0.3, -0.25) is 4.68 Å². The molecule has 0 radical (unpaired) electrons. The molecule has 1 aromatic carbocycles. The minimum Gasteiger partial charge on any atom is -0.383 e. The first-order chi connectivity index (χ1) is 11.3. The summed E-state index contributed by atoms with van der Waals surface area (Å²) in [5.41, 5.74) is -0.0576. The van der Waals surface area contributed by atoms with Gasteiger partial charge in [0.1, 0.15) is 11.4 Å². The Morgan fingerprint density at radius 2 is 2.17 bits per heavy atom. The SMILES string of the molecule is C[C@@H](Cc1ccccc1F)NC(=O)NC[C@@](C)(O)c1cnn(C)c1. The fraction of sp³-hybridized carbons (Fsp3) is 0.412. The van der Waals surface area contributed by atoms with Gasteiger partial charge < -0.3 is 15.7 Å². The number of aliphatic hydroxyl groups is 1. The first kappa shape index (κ1) is 17.9. The summed E-state index contributed by atoms with van der Waals surface area (Å²) in [4.78, 5) is 12.0. The van der Waals surface area contributed by atoms with E-state index < -0.39 is 11.6 Å². The lowest BCUT2D eigenvalue weighted by atomic mass is 10.00. The Bertz CT molecular complexity index is 699. The van der Waals surface area contributed by atoms with Crippen molar-refractivity contribution < 1.29 is 14.3 Å². The van der Waals surface area contributed by atoms with Crippen molar-refractivity contribution >= 4 is 6.03 Å². The number of amides is 2. The molecule has 6 nitrogen and oxygen atoms in total. The van der Waals surface area contributed by atoms with Gasteiger partial charge in [0, 0.05) is 24.8 Å². The summed E-state index contributed by atoms with van der Waals surface area (Å²) in [5, 5.41) is 19.8. The normalized spacial score (nSPS) is 14.7. The Balaban J connectivity index is 1.83. The highest BCUT2D eigenvalue weighted by molar-refractivity contribution is 5.74. The van der Waals surface area contributed by atoms with Gasteiger partial charge in [-0.2, -0.15) is 5.10 Å². The molecule has 0 saturated heterocycles. The summed E-state index contributed by atoms with van der Waals surface area (Å²) >= 11 is 0. The number of rotatable bonds is 6. The van der Waals surface area contributed by atoms with Crippen LogP contribution in [0.5, 0.6) is 0 Å². The molecule has 2 atom stereocenters. The van der Waals surface area contributed by atoms with Gasteiger partial charge in [-0.05, 0) is 31.9 Å². The van der Waals surface area contributed by atoms with Crippen molar-refractivity contribution in [3.8, 4) is 0 Å². The molecule has 130 valence electrons. The highest BCUT2D eigenvalue weighted by Gasteiger charge is 2.25. The summed E-state index contributed by atoms with van der Waals surface area (Å²) in [6, 6.07) is 5.82. The third kappa shape index (κ3) is 4.79. The van der Waals surface area contributed by atoms with Crippen molar-refractivity contribution in [2.24, 2.45) is 7.05 Å². The van der Waals surface area contributed by atoms with Crippen molar-refractivity contribution in [3.05, 3.63) is 53.6 Å². The van der Waals surface area contributed by atoms with Crippen LogP contribution in [0.4, 0.5) is 9.18 Å². The van der Waals surface area contributed by atoms with Gasteiger partial charge in [-0.15, -0.1) is 0 Å². The van der Waals surface area contributed by atoms with Gasteiger partial charge in [-0.1, -0.05) is 18.2 Å². The lowest BCUT2D eigenvalue weighted by Crippen LogP contribution is -2.46. The Labute approximate surface area is 140 Å². The van der Waals surface area contributed by atoms with Crippen molar-refractivity contribution in [1.82, 2.24) is 20.4 Å². The summed E-state index contributed by atoms with van der Waals surface area (Å²) in [6.07, 6.45) is 3.64. The van der Waals surface area contributed by atoms with Gasteiger partial charge in [0.05, 0.1) is 12.7 Å². The molecule has 0 aliphatic rings. The zero-order valence-electron chi connectivity index (χ0n) is 14.1. The van der Waals surface area contributed by atoms with Crippen LogP contribution in [0, 0.1) is 5.82 Å². The third-order valence-corrected chi connectivity index (χ3v) is 3.78. The third-order valence-electron chi connectivity index (χ3n) is 3.78. The highest BCUT2D eigenvalue weighted by Crippen LogP contribution is 2.18. The number of urea groups is 1. The van der Waals surface area contributed by atoms with Crippen molar-refractivity contribution in [2.45, 2.75) is 31.9 Å². The van der Waals surface area contributed by atoms with E-state index in [1.165, 1.54) is 6.07 Å². The lowest BCUT2D eigenvalue weighted by molar-refractivity contribution is 0.0592. The molecular formula is C17H23FN4O2. The van der Waals surface area contributed by atoms with Crippen LogP contribution in [0.15, 0.2) is 36.7 Å². The fourth-order valence-corrected chi connectivity index (χ4v) is 2.37. The molecular weight excluding hydrogens is 311 g/mol. The molecule has 0 bridgehead atoms. The Morgan fingerprint density at radius 1 is 1.46 bits per heavy atom. The van der Waals surface area contributed by atoms with Crippen LogP contribution in [0.3, 0.4) is 0 Å². The quantitative estimate of drug-likeness (QED) is 0.752. The van der Waals surface area contributed by atoms with E-state index in [-0.39, 0.29) is 18.4 Å². The average Bonchev–Trinajstić information content (AvgIpc) is 2.95. The lowest BCUT2D eigenvalue weighted by Gasteiger charge is -2.23. The number of aryl methyl sites for hydroxylation is 1. The number of aromatic nitrogens is 2. The number of hydrogen-bond acceptors (Lipinski definition) is 3. The second kappa shape index (κ2) is 7.44. The first-order valence-electron chi connectivity index (χ1n) is 7.77. The number of hydrogen-bond donors (Lipinski definition) is 3. The van der Waals surface area contributed by atoms with Crippen LogP contribution in [-0.4, -0.2) is 33.5 Å². The molecule has 2 amide bonds. The second-order valence-electron chi connectivity index (χ2n) is 6.20. The molecule has 0 unspecified atom stereocenters. The van der Waals surface area contributed by atoms with E-state index in [1.54, 1.807) is 56.2 Å². The molecule has 1 aromatic heterocycles. The van der Waals surface area contributed by atoms with Crippen LogP contribution >= 0.6 is 0 Å². The maximum Gasteiger partial charge on any atom is 0.315 e. The summed E-state index contributed by atoms with van der Waals surface area (Å²) in [6.45, 7) is 3.44. The molecule has 1 heterocycles. The zero-order valence-corrected chi connectivity index (χ0v) is 14.1. The first-order valence-corrected chi connectivity index (χ1v) is 7.77. The van der Waals surface area contributed by atoms with E-state index in [0.717, 1.165) is 0 Å². The monoisotopic (exact) mass is 334 g/mol. The van der Waals surface area contributed by atoms with E-state index in [0.29, 0.717) is 17.5 Å². The van der Waals surface area contributed by atoms with Crippen LogP contribution < -0.4 is 10.6 Å². The van der Waals surface area contributed by atoms with Crippen LogP contribution in [0.1, 0.15) is 25.0 Å². The number of carbonyl (C=O) groups excluding carboxylic acids is 1. The highest BCUT2D eigenvalue weighted by atomic mass is 19.1. The topological polar surface area (TPSA) is 79.2 Å². The minimum absolute atomic E-state index is 0.0386. The smallest absolute Gasteiger partial charge is 0.315 e. The number of benzene rings is 1. The van der Waals surface area contributed by atoms with Crippen molar-refractivity contribution in [1.29, 1.82) is 0 Å². The van der Waals surface area contributed by atoms with Gasteiger partial charge in [0.2, 0.25) is 0 Å². The van der Waals surface area contributed by atoms with Gasteiger partial charge in [0.25, 0.3) is 0 Å². The Morgan fingerprint density at radius 3 is 2.79 bits per heavy atom. The molecule has 3 N–H and O–H groups in total. The summed E-state index contributed by atoms with van der Waals surface area (Å²) < 4.78 is 15.2. The fourth-order valence-electron chi connectivity index (χ4n) is 2.37. The number of nitrogens with zero attached hydrogens (tertiary/aromatic N) is 2. The molecule has 7 heteroatoms. The standard InChI is InChI=1S/C17H23FN4O2/c1-12(8-13-6-4-5-7-15(13)18)21-16(23)19-11-17(2,24)14-9-20-22(3)10-14/h4-7,9-10,12,24H,8,11H2,1-3H3,(H2,19,21,23)/t12-,17+/m0/s1. The van der Waals surface area contributed by atoms with Crippen molar-refractivity contribution in [3.63, 3.8) is 0 Å². The number of halogens is 1. The molecule has 0 fully saturated rings. The molecule has 0 spiro atoms. The Hall–Kier alpha value is -2.41. The Kier molecular flexibility index (Phi) is 5.56. The van der Waals surface area contributed by atoms with E-state index in [2.05, 4.69) is 15.7 Å². The van der Waals surface area contributed by atoms with Gasteiger partial charge in [-0.25, -0.2) is 9.18 Å². The largest absolute Gasteiger partial charge is 0.383 e. The molecule has 2 aromatic rings. The average molecular weight is 334 g/mol. The number of carbonyl (C=O) groups is 1. The maximum atomic E-state index is 13.6. The van der Waals surface area contributed by atoms with Crippen LogP contribution in [0.25, 0.3) is 0 Å². The molecule has 0 aliphatic heterocycles. The van der Waals surface area contributed by atoms with E-state index in [1.807, 2.05) is 0 Å². The van der Waals surface area contributed by atoms with Crippen molar-refractivity contribution in [2.75, 3.05) is 6.54 Å². The molecule has 0 saturated carbocycles. The van der Waals surface area contributed by atoms with Crippen LogP contribution in [0.2, 0.25) is 0 Å². The summed E-state index contributed by atoms with van der Waals surface area (Å²) in [5.74, 6) is -0.286. The molecule has 2 rings (SSSR count). The van der Waals surface area contributed by atoms with Gasteiger partial charge in [0.15, 0.2) is 0 Å². The van der Waals surface area contributed by atoms with Gasteiger partial charge >= 0.3 is 6.03 Å². The van der Waals surface area contributed by atoms with Crippen LogP contribution in [-0.2, 0) is 19.1 Å². The molecule has 24 heavy (non-hydrogen) atoms.